The van der Waals surface area contributed by atoms with Crippen molar-refractivity contribution in [3.8, 4) is 0 Å². The van der Waals surface area contributed by atoms with E-state index < -0.39 is 0 Å². The summed E-state index contributed by atoms with van der Waals surface area (Å²) in [6.45, 7) is 5.19. The van der Waals surface area contributed by atoms with Crippen molar-refractivity contribution in [3.05, 3.63) is 36.3 Å². The first-order valence-electron chi connectivity index (χ1n) is 2.95. The Morgan fingerprint density at radius 3 is 2.80 bits per heavy atom. The monoisotopic (exact) mass is 136 g/mol. The molecule has 10 heavy (non-hydrogen) atoms. The normalized spacial score (nSPS) is 9.30. The molecular weight excluding hydrogens is 128 g/mol. The first kappa shape index (κ1) is 6.81. The van der Waals surface area contributed by atoms with E-state index in [2.05, 4.69) is 6.58 Å². The number of carbonyl (C=O) groups is 1. The lowest BCUT2D eigenvalue weighted by atomic mass is 10.1. The van der Waals surface area contributed by atoms with E-state index in [0.717, 1.165) is 5.56 Å². The average molecular weight is 136 g/mol. The smallest absolute Gasteiger partial charge is 0.188 e. The number of rotatable bonds is 2. The minimum absolute atomic E-state index is 0.0914. The van der Waals surface area contributed by atoms with Gasteiger partial charge in [0, 0.05) is 0 Å². The van der Waals surface area contributed by atoms with Crippen molar-refractivity contribution in [2.24, 2.45) is 0 Å². The molecule has 2 heteroatoms. The SMILES string of the molecule is C=CC(=O)c1cocc1C. The molecule has 0 aliphatic rings. The first-order chi connectivity index (χ1) is 4.75. The van der Waals surface area contributed by atoms with E-state index in [1.807, 2.05) is 6.92 Å². The highest BCUT2D eigenvalue weighted by Crippen LogP contribution is 2.09. The molecule has 0 aromatic carbocycles. The molecule has 1 aromatic rings. The van der Waals surface area contributed by atoms with Crippen molar-refractivity contribution in [1.29, 1.82) is 0 Å². The zero-order valence-electron chi connectivity index (χ0n) is 5.76. The maximum atomic E-state index is 10.9. The zero-order valence-corrected chi connectivity index (χ0v) is 5.76. The zero-order chi connectivity index (χ0) is 7.56. The van der Waals surface area contributed by atoms with Gasteiger partial charge in [-0.2, -0.15) is 0 Å². The maximum Gasteiger partial charge on any atom is 0.188 e. The van der Waals surface area contributed by atoms with Crippen molar-refractivity contribution in [2.75, 3.05) is 0 Å². The Hall–Kier alpha value is -1.31. The van der Waals surface area contributed by atoms with Crippen molar-refractivity contribution < 1.29 is 9.21 Å². The summed E-state index contributed by atoms with van der Waals surface area (Å²) in [6, 6.07) is 0. The predicted molar refractivity (Wildman–Crippen MR) is 38.0 cm³/mol. The third-order valence-corrected chi connectivity index (χ3v) is 1.31. The fourth-order valence-electron chi connectivity index (χ4n) is 0.723. The molecule has 0 bridgehead atoms. The van der Waals surface area contributed by atoms with Crippen LogP contribution in [0.2, 0.25) is 0 Å². The van der Waals surface area contributed by atoms with Gasteiger partial charge in [-0.3, -0.25) is 4.79 Å². The number of aryl methyl sites for hydroxylation is 1. The molecule has 0 atom stereocenters. The summed E-state index contributed by atoms with van der Waals surface area (Å²) in [5.41, 5.74) is 1.44. The summed E-state index contributed by atoms with van der Waals surface area (Å²) >= 11 is 0. The van der Waals surface area contributed by atoms with E-state index in [9.17, 15) is 4.79 Å². The molecule has 1 aromatic heterocycles. The van der Waals surface area contributed by atoms with Crippen LogP contribution in [-0.2, 0) is 0 Å². The summed E-state index contributed by atoms with van der Waals surface area (Å²) < 4.78 is 4.80. The van der Waals surface area contributed by atoms with Crippen LogP contribution in [0.5, 0.6) is 0 Å². The van der Waals surface area contributed by atoms with Gasteiger partial charge >= 0.3 is 0 Å². The van der Waals surface area contributed by atoms with E-state index in [1.165, 1.54) is 18.6 Å². The fourth-order valence-corrected chi connectivity index (χ4v) is 0.723. The molecular formula is C8H8O2. The van der Waals surface area contributed by atoms with Gasteiger partial charge in [0.1, 0.15) is 6.26 Å². The van der Waals surface area contributed by atoms with Gasteiger partial charge in [0.05, 0.1) is 11.8 Å². The number of ketones is 1. The molecule has 2 nitrogen and oxygen atoms in total. The Bertz CT molecular complexity index is 258. The molecule has 1 heterocycles. The van der Waals surface area contributed by atoms with Crippen LogP contribution in [0.25, 0.3) is 0 Å². The Morgan fingerprint density at radius 1 is 1.70 bits per heavy atom. The van der Waals surface area contributed by atoms with Crippen LogP contribution in [0.15, 0.2) is 29.6 Å². The lowest BCUT2D eigenvalue weighted by Gasteiger charge is -1.87. The number of carbonyl (C=O) groups excluding carboxylic acids is 1. The first-order valence-corrected chi connectivity index (χ1v) is 2.95. The van der Waals surface area contributed by atoms with Gasteiger partial charge in [-0.25, -0.2) is 0 Å². The van der Waals surface area contributed by atoms with Gasteiger partial charge in [-0.1, -0.05) is 6.58 Å². The lowest BCUT2D eigenvalue weighted by Crippen LogP contribution is -1.92. The van der Waals surface area contributed by atoms with Crippen LogP contribution in [0, 0.1) is 6.92 Å². The molecule has 0 aliphatic carbocycles. The van der Waals surface area contributed by atoms with Crippen LogP contribution >= 0.6 is 0 Å². The van der Waals surface area contributed by atoms with E-state index in [4.69, 9.17) is 4.42 Å². The lowest BCUT2D eigenvalue weighted by molar-refractivity contribution is 0.104. The molecule has 0 unspecified atom stereocenters. The summed E-state index contributed by atoms with van der Waals surface area (Å²) in [5, 5.41) is 0. The van der Waals surface area contributed by atoms with Crippen molar-refractivity contribution in [2.45, 2.75) is 6.92 Å². The predicted octanol–water partition coefficient (Wildman–Crippen LogP) is 1.96. The Kier molecular flexibility index (Phi) is 1.71. The minimum atomic E-state index is -0.0914. The third kappa shape index (κ3) is 1.00. The highest BCUT2D eigenvalue weighted by molar-refractivity contribution is 6.04. The van der Waals surface area contributed by atoms with Gasteiger partial charge in [0.25, 0.3) is 0 Å². The van der Waals surface area contributed by atoms with Gasteiger partial charge in [0.2, 0.25) is 0 Å². The molecule has 0 radical (unpaired) electrons. The molecule has 0 fully saturated rings. The summed E-state index contributed by atoms with van der Waals surface area (Å²) in [6.07, 6.45) is 4.24. The van der Waals surface area contributed by atoms with E-state index in [1.54, 1.807) is 0 Å². The van der Waals surface area contributed by atoms with Crippen LogP contribution in [-0.4, -0.2) is 5.78 Å². The second-order valence-electron chi connectivity index (χ2n) is 2.04. The highest BCUT2D eigenvalue weighted by Gasteiger charge is 2.05. The fraction of sp³-hybridized carbons (Fsp3) is 0.125. The number of furan rings is 1. The van der Waals surface area contributed by atoms with Gasteiger partial charge < -0.3 is 4.42 Å². The van der Waals surface area contributed by atoms with Crippen LogP contribution < -0.4 is 0 Å². The maximum absolute atomic E-state index is 10.9. The second kappa shape index (κ2) is 2.52. The minimum Gasteiger partial charge on any atom is -0.472 e. The molecule has 0 spiro atoms. The molecule has 1 rings (SSSR count). The molecule has 0 amide bonds. The largest absolute Gasteiger partial charge is 0.472 e. The van der Waals surface area contributed by atoms with Gasteiger partial charge in [0.15, 0.2) is 5.78 Å². The van der Waals surface area contributed by atoms with Crippen molar-refractivity contribution in [3.63, 3.8) is 0 Å². The quantitative estimate of drug-likeness (QED) is 0.459. The van der Waals surface area contributed by atoms with Crippen LogP contribution in [0.4, 0.5) is 0 Å². The molecule has 0 saturated carbocycles. The van der Waals surface area contributed by atoms with Crippen LogP contribution in [0.3, 0.4) is 0 Å². The standard InChI is InChI=1S/C8H8O2/c1-3-8(9)7-5-10-4-6(7)2/h3-5H,1H2,2H3. The van der Waals surface area contributed by atoms with Crippen molar-refractivity contribution >= 4 is 5.78 Å². The molecule has 0 aliphatic heterocycles. The van der Waals surface area contributed by atoms with E-state index in [0.29, 0.717) is 5.56 Å². The third-order valence-electron chi connectivity index (χ3n) is 1.31. The van der Waals surface area contributed by atoms with Gasteiger partial charge in [-0.15, -0.1) is 0 Å². The van der Waals surface area contributed by atoms with Crippen LogP contribution in [0.1, 0.15) is 15.9 Å². The summed E-state index contributed by atoms with van der Waals surface area (Å²) in [4.78, 5) is 10.9. The average Bonchev–Trinajstić information content (AvgIpc) is 2.34. The van der Waals surface area contributed by atoms with Gasteiger partial charge in [-0.05, 0) is 18.6 Å². The second-order valence-corrected chi connectivity index (χ2v) is 2.04. The van der Waals surface area contributed by atoms with E-state index in [-0.39, 0.29) is 5.78 Å². The molecule has 0 N–H and O–H groups in total. The molecule has 0 saturated heterocycles. The summed E-state index contributed by atoms with van der Waals surface area (Å²) in [5.74, 6) is -0.0914. The number of hydrogen-bond donors (Lipinski definition) is 0. The summed E-state index contributed by atoms with van der Waals surface area (Å²) in [7, 11) is 0. The number of hydrogen-bond acceptors (Lipinski definition) is 2. The Labute approximate surface area is 59.2 Å². The Balaban J connectivity index is 3.04. The molecule has 52 valence electrons. The van der Waals surface area contributed by atoms with E-state index >= 15 is 0 Å². The highest BCUT2D eigenvalue weighted by atomic mass is 16.3. The Morgan fingerprint density at radius 2 is 2.40 bits per heavy atom. The van der Waals surface area contributed by atoms with Crippen molar-refractivity contribution in [1.82, 2.24) is 0 Å². The topological polar surface area (TPSA) is 30.2 Å². The number of allylic oxidation sites excluding steroid dienone is 1.